The van der Waals surface area contributed by atoms with Crippen LogP contribution < -0.4 is 10.6 Å². The fourth-order valence-corrected chi connectivity index (χ4v) is 1.66. The summed E-state index contributed by atoms with van der Waals surface area (Å²) in [5.41, 5.74) is -0.433. The summed E-state index contributed by atoms with van der Waals surface area (Å²) in [5, 5.41) is 6.28. The Balaban J connectivity index is 3.71. The summed E-state index contributed by atoms with van der Waals surface area (Å²) in [6.45, 7) is 12.9. The quantitative estimate of drug-likeness (QED) is 0.738. The van der Waals surface area contributed by atoms with Gasteiger partial charge in [-0.15, -0.1) is 0 Å². The molecule has 0 spiro atoms. The molecule has 0 fully saturated rings. The summed E-state index contributed by atoms with van der Waals surface area (Å²) in [6, 6.07) is 0.671. The zero-order valence-electron chi connectivity index (χ0n) is 12.8. The number of alkyl carbamates (subject to hydrolysis) is 1. The molecule has 0 aromatic heterocycles. The molecule has 0 aliphatic rings. The monoisotopic (exact) mass is 258 g/mol. The summed E-state index contributed by atoms with van der Waals surface area (Å²) in [6.07, 6.45) is 2.96. The van der Waals surface area contributed by atoms with Crippen LogP contribution in [-0.4, -0.2) is 30.3 Å². The van der Waals surface area contributed by atoms with E-state index < -0.39 is 5.60 Å². The van der Waals surface area contributed by atoms with Crippen LogP contribution in [0.25, 0.3) is 0 Å². The van der Waals surface area contributed by atoms with Crippen molar-refractivity contribution in [2.24, 2.45) is 0 Å². The van der Waals surface area contributed by atoms with Gasteiger partial charge in [-0.25, -0.2) is 4.79 Å². The number of hydrogen-bond donors (Lipinski definition) is 2. The van der Waals surface area contributed by atoms with Crippen LogP contribution >= 0.6 is 0 Å². The number of rotatable bonds is 7. The van der Waals surface area contributed by atoms with Crippen LogP contribution in [0.2, 0.25) is 0 Å². The lowest BCUT2D eigenvalue weighted by Gasteiger charge is -2.22. The van der Waals surface area contributed by atoms with Crippen LogP contribution in [-0.2, 0) is 4.74 Å². The normalized spacial score (nSPS) is 15.0. The molecule has 0 bridgehead atoms. The van der Waals surface area contributed by atoms with E-state index in [0.29, 0.717) is 6.04 Å². The molecule has 0 rings (SSSR count). The molecule has 0 aliphatic heterocycles. The molecule has 0 aliphatic carbocycles. The molecule has 2 N–H and O–H groups in total. The molecular formula is C14H30N2O2. The molecule has 0 heterocycles. The number of carbonyl (C=O) groups excluding carboxylic acids is 1. The molecule has 1 amide bonds. The van der Waals surface area contributed by atoms with Gasteiger partial charge in [-0.05, 0) is 54.0 Å². The molecule has 4 nitrogen and oxygen atoms in total. The number of nitrogens with one attached hydrogen (secondary N) is 2. The Morgan fingerprint density at radius 3 is 2.28 bits per heavy atom. The van der Waals surface area contributed by atoms with E-state index in [4.69, 9.17) is 4.74 Å². The Morgan fingerprint density at radius 1 is 1.17 bits per heavy atom. The van der Waals surface area contributed by atoms with Crippen LogP contribution in [0.4, 0.5) is 4.79 Å². The van der Waals surface area contributed by atoms with Crippen LogP contribution in [0.3, 0.4) is 0 Å². The summed E-state index contributed by atoms with van der Waals surface area (Å²) in [5.74, 6) is 0. The van der Waals surface area contributed by atoms with Crippen LogP contribution in [0.5, 0.6) is 0 Å². The zero-order valence-corrected chi connectivity index (χ0v) is 12.8. The highest BCUT2D eigenvalue weighted by Gasteiger charge is 2.17. The largest absolute Gasteiger partial charge is 0.444 e. The minimum Gasteiger partial charge on any atom is -0.444 e. The molecule has 0 radical (unpaired) electrons. The zero-order chi connectivity index (χ0) is 14.2. The molecular weight excluding hydrogens is 228 g/mol. The van der Waals surface area contributed by atoms with Gasteiger partial charge < -0.3 is 15.4 Å². The van der Waals surface area contributed by atoms with E-state index in [1.54, 1.807) is 0 Å². The fraction of sp³-hybridized carbons (Fsp3) is 0.929. The summed E-state index contributed by atoms with van der Waals surface area (Å²) in [4.78, 5) is 11.5. The number of hydrogen-bond acceptors (Lipinski definition) is 3. The number of ether oxygens (including phenoxy) is 1. The average molecular weight is 258 g/mol. The van der Waals surface area contributed by atoms with E-state index >= 15 is 0 Å². The molecule has 0 saturated carbocycles. The van der Waals surface area contributed by atoms with Crippen molar-refractivity contribution in [1.29, 1.82) is 0 Å². The lowest BCUT2D eigenvalue weighted by atomic mass is 10.2. The predicted octanol–water partition coefficient (Wildman–Crippen LogP) is 3.07. The van der Waals surface area contributed by atoms with Gasteiger partial charge in [0.1, 0.15) is 5.60 Å². The van der Waals surface area contributed by atoms with Crippen molar-refractivity contribution in [3.05, 3.63) is 0 Å². The van der Waals surface area contributed by atoms with Gasteiger partial charge in [0.25, 0.3) is 0 Å². The Labute approximate surface area is 112 Å². The fourth-order valence-electron chi connectivity index (χ4n) is 1.66. The summed E-state index contributed by atoms with van der Waals surface area (Å²) in [7, 11) is 0. The highest BCUT2D eigenvalue weighted by molar-refractivity contribution is 5.67. The van der Waals surface area contributed by atoms with Crippen molar-refractivity contribution in [2.75, 3.05) is 6.54 Å². The smallest absolute Gasteiger partial charge is 0.407 e. The minimum atomic E-state index is -0.433. The number of amides is 1. The maximum atomic E-state index is 11.5. The van der Waals surface area contributed by atoms with Crippen molar-refractivity contribution in [2.45, 2.75) is 78.5 Å². The van der Waals surface area contributed by atoms with Crippen molar-refractivity contribution >= 4 is 6.09 Å². The van der Waals surface area contributed by atoms with E-state index in [-0.39, 0.29) is 12.1 Å². The lowest BCUT2D eigenvalue weighted by molar-refractivity contribution is 0.0506. The summed E-state index contributed by atoms with van der Waals surface area (Å²) >= 11 is 0. The second-order valence-corrected chi connectivity index (χ2v) is 5.98. The highest BCUT2D eigenvalue weighted by Crippen LogP contribution is 2.07. The third-order valence-electron chi connectivity index (χ3n) is 2.55. The second-order valence-electron chi connectivity index (χ2n) is 5.98. The Morgan fingerprint density at radius 2 is 1.78 bits per heavy atom. The van der Waals surface area contributed by atoms with Crippen molar-refractivity contribution in [1.82, 2.24) is 10.6 Å². The van der Waals surface area contributed by atoms with Gasteiger partial charge >= 0.3 is 6.09 Å². The molecule has 0 aromatic carbocycles. The molecule has 4 heteroatoms. The van der Waals surface area contributed by atoms with E-state index in [0.717, 1.165) is 13.0 Å². The maximum Gasteiger partial charge on any atom is 0.407 e. The topological polar surface area (TPSA) is 50.4 Å². The Hall–Kier alpha value is -0.770. The molecule has 108 valence electrons. The minimum absolute atomic E-state index is 0.126. The second kappa shape index (κ2) is 8.35. The lowest BCUT2D eigenvalue weighted by Crippen LogP contribution is -2.39. The van der Waals surface area contributed by atoms with Gasteiger partial charge in [0.2, 0.25) is 0 Å². The van der Waals surface area contributed by atoms with Crippen molar-refractivity contribution < 1.29 is 9.53 Å². The SMILES string of the molecule is CCCC(C)NCCC(C)NC(=O)OC(C)(C)C. The number of carbonyl (C=O) groups is 1. The van der Waals surface area contributed by atoms with Gasteiger partial charge in [-0.3, -0.25) is 0 Å². The van der Waals surface area contributed by atoms with E-state index in [2.05, 4.69) is 24.5 Å². The van der Waals surface area contributed by atoms with E-state index in [9.17, 15) is 4.79 Å². The van der Waals surface area contributed by atoms with E-state index in [1.165, 1.54) is 12.8 Å². The van der Waals surface area contributed by atoms with E-state index in [1.807, 2.05) is 27.7 Å². The Bertz CT molecular complexity index is 236. The predicted molar refractivity (Wildman–Crippen MR) is 75.8 cm³/mol. The molecule has 2 unspecified atom stereocenters. The molecule has 0 saturated heterocycles. The third kappa shape index (κ3) is 10.4. The van der Waals surface area contributed by atoms with Crippen LogP contribution in [0.1, 0.15) is 60.8 Å². The maximum absolute atomic E-state index is 11.5. The van der Waals surface area contributed by atoms with Crippen molar-refractivity contribution in [3.63, 3.8) is 0 Å². The van der Waals surface area contributed by atoms with Crippen LogP contribution in [0.15, 0.2) is 0 Å². The summed E-state index contributed by atoms with van der Waals surface area (Å²) < 4.78 is 5.20. The average Bonchev–Trinajstić information content (AvgIpc) is 2.14. The van der Waals surface area contributed by atoms with Gasteiger partial charge in [-0.2, -0.15) is 0 Å². The first-order valence-electron chi connectivity index (χ1n) is 6.97. The molecule has 18 heavy (non-hydrogen) atoms. The first kappa shape index (κ1) is 17.2. The van der Waals surface area contributed by atoms with Gasteiger partial charge in [-0.1, -0.05) is 13.3 Å². The third-order valence-corrected chi connectivity index (χ3v) is 2.55. The highest BCUT2D eigenvalue weighted by atomic mass is 16.6. The first-order valence-corrected chi connectivity index (χ1v) is 6.97. The molecule has 2 atom stereocenters. The van der Waals surface area contributed by atoms with Gasteiger partial charge in [0.05, 0.1) is 0 Å². The first-order chi connectivity index (χ1) is 8.24. The van der Waals surface area contributed by atoms with Crippen molar-refractivity contribution in [3.8, 4) is 0 Å². The van der Waals surface area contributed by atoms with Crippen LogP contribution in [0, 0.1) is 0 Å². The van der Waals surface area contributed by atoms with Gasteiger partial charge in [0.15, 0.2) is 0 Å². The molecule has 0 aromatic rings. The Kier molecular flexibility index (Phi) is 8.00. The van der Waals surface area contributed by atoms with Gasteiger partial charge in [0, 0.05) is 12.1 Å². The standard InChI is InChI=1S/C14H30N2O2/c1-7-8-11(2)15-10-9-12(3)16-13(17)18-14(4,5)6/h11-12,15H,7-10H2,1-6H3,(H,16,17).